The van der Waals surface area contributed by atoms with Crippen LogP contribution in [0.1, 0.15) is 30.5 Å². The minimum Gasteiger partial charge on any atom is -0.393 e. The molecule has 6 rings (SSSR count). The van der Waals surface area contributed by atoms with Crippen LogP contribution in [-0.4, -0.2) is 72.2 Å². The molecule has 2 aliphatic heterocycles. The molecule has 206 valence electrons. The fraction of sp³-hybridized carbons (Fsp3) is 0.429. The van der Waals surface area contributed by atoms with Crippen LogP contribution in [0.15, 0.2) is 48.5 Å². The maximum absolute atomic E-state index is 14.0. The predicted octanol–water partition coefficient (Wildman–Crippen LogP) is 3.06. The summed E-state index contributed by atoms with van der Waals surface area (Å²) < 4.78 is 25.6. The van der Waals surface area contributed by atoms with Crippen molar-refractivity contribution in [2.75, 3.05) is 30.0 Å². The molecule has 0 atom stereocenters. The molecule has 2 fully saturated rings. The maximum atomic E-state index is 14.0. The van der Waals surface area contributed by atoms with Gasteiger partial charge in [-0.25, -0.2) is 13.2 Å². The lowest BCUT2D eigenvalue weighted by Crippen LogP contribution is -2.67. The summed E-state index contributed by atoms with van der Waals surface area (Å²) in [7, 11) is -3.10. The number of likely N-dealkylation sites (tertiary alicyclic amines) is 1. The van der Waals surface area contributed by atoms with Crippen LogP contribution in [0.25, 0.3) is 10.9 Å². The number of carbonyl (C=O) groups is 2. The summed E-state index contributed by atoms with van der Waals surface area (Å²) in [5.41, 5.74) is 2.78. The normalized spacial score (nSPS) is 21.7. The molecule has 39 heavy (non-hydrogen) atoms. The largest absolute Gasteiger partial charge is 0.393 e. The molecule has 0 radical (unpaired) electrons. The maximum Gasteiger partial charge on any atom is 0.317 e. The number of hydrogen-bond donors (Lipinski definition) is 2. The van der Waals surface area contributed by atoms with Gasteiger partial charge in [0.15, 0.2) is 0 Å². The molecule has 0 unspecified atom stereocenters. The number of benzene rings is 2. The van der Waals surface area contributed by atoms with Crippen LogP contribution in [0.5, 0.6) is 0 Å². The number of carbonyl (C=O) groups excluding carboxylic acids is 2. The van der Waals surface area contributed by atoms with E-state index in [4.69, 9.17) is 11.6 Å². The highest BCUT2D eigenvalue weighted by molar-refractivity contribution is 7.90. The van der Waals surface area contributed by atoms with Crippen molar-refractivity contribution in [1.29, 1.82) is 0 Å². The van der Waals surface area contributed by atoms with Crippen molar-refractivity contribution in [3.05, 3.63) is 64.8 Å². The molecule has 3 aliphatic rings. The number of aromatic nitrogens is 1. The lowest BCUT2D eigenvalue weighted by atomic mass is 9.74. The summed E-state index contributed by atoms with van der Waals surface area (Å²) in [6.07, 6.45) is 2.45. The van der Waals surface area contributed by atoms with Crippen LogP contribution in [-0.2, 0) is 33.1 Å². The van der Waals surface area contributed by atoms with Crippen LogP contribution in [0.3, 0.4) is 0 Å². The highest BCUT2D eigenvalue weighted by atomic mass is 35.5. The van der Waals surface area contributed by atoms with E-state index in [2.05, 4.69) is 9.88 Å². The Hall–Kier alpha value is -3.08. The lowest BCUT2D eigenvalue weighted by molar-refractivity contribution is -0.128. The average molecular weight is 571 g/mol. The Labute approximate surface area is 232 Å². The standard InChI is InChI=1S/C28H31ClN4O5S/c1-39(37,38)10-4-9-32-21(12-18-11-19(29)7-8-24(18)32)15-33-25-6-3-2-5-23(25)28(26(33)35)16-31(17-28)27(36)30-20-13-22(34)14-20/h2-3,5-8,11-12,20,22,34H,4,9-10,13-17H2,1H3,(H,30,36)/t20-,22+. The number of aliphatic hydroxyl groups excluding tert-OH is 1. The van der Waals surface area contributed by atoms with Crippen molar-refractivity contribution in [3.63, 3.8) is 0 Å². The van der Waals surface area contributed by atoms with Gasteiger partial charge in [-0.15, -0.1) is 0 Å². The molecule has 1 spiro atoms. The number of anilines is 1. The van der Waals surface area contributed by atoms with Crippen LogP contribution in [0.2, 0.25) is 5.02 Å². The van der Waals surface area contributed by atoms with E-state index >= 15 is 0 Å². The van der Waals surface area contributed by atoms with Crippen molar-refractivity contribution in [3.8, 4) is 0 Å². The Bertz CT molecular complexity index is 1570. The van der Waals surface area contributed by atoms with Crippen molar-refractivity contribution >= 4 is 50.0 Å². The summed E-state index contributed by atoms with van der Waals surface area (Å²) in [5, 5.41) is 14.0. The van der Waals surface area contributed by atoms with Gasteiger partial charge in [-0.05, 0) is 55.2 Å². The Morgan fingerprint density at radius 3 is 2.62 bits per heavy atom. The van der Waals surface area contributed by atoms with Crippen molar-refractivity contribution in [2.24, 2.45) is 0 Å². The Morgan fingerprint density at radius 1 is 1.15 bits per heavy atom. The third-order valence-electron chi connectivity index (χ3n) is 8.18. The molecule has 9 nitrogen and oxygen atoms in total. The number of rotatable bonds is 7. The van der Waals surface area contributed by atoms with Gasteiger partial charge in [-0.2, -0.15) is 0 Å². The third kappa shape index (κ3) is 4.68. The number of urea groups is 1. The summed E-state index contributed by atoms with van der Waals surface area (Å²) in [6, 6.07) is 15.1. The molecular weight excluding hydrogens is 540 g/mol. The molecule has 0 bridgehead atoms. The highest BCUT2D eigenvalue weighted by Gasteiger charge is 2.59. The summed E-state index contributed by atoms with van der Waals surface area (Å²) >= 11 is 6.26. The number of nitrogens with one attached hydrogen (secondary N) is 1. The number of para-hydroxylation sites is 1. The van der Waals surface area contributed by atoms with E-state index in [-0.39, 0.29) is 29.8 Å². The Balaban J connectivity index is 1.26. The smallest absolute Gasteiger partial charge is 0.317 e. The zero-order valence-corrected chi connectivity index (χ0v) is 23.2. The fourth-order valence-electron chi connectivity index (χ4n) is 6.12. The van der Waals surface area contributed by atoms with E-state index in [1.807, 2.05) is 48.5 Å². The van der Waals surface area contributed by atoms with Gasteiger partial charge in [0.2, 0.25) is 5.91 Å². The number of nitrogens with zero attached hydrogens (tertiary/aromatic N) is 3. The van der Waals surface area contributed by atoms with Crippen LogP contribution in [0.4, 0.5) is 10.5 Å². The van der Waals surface area contributed by atoms with Gasteiger partial charge < -0.3 is 24.8 Å². The van der Waals surface area contributed by atoms with E-state index in [0.717, 1.165) is 27.8 Å². The molecule has 3 aromatic rings. The first-order valence-corrected chi connectivity index (χ1v) is 15.6. The molecule has 2 aromatic carbocycles. The molecule has 2 N–H and O–H groups in total. The first-order valence-electron chi connectivity index (χ1n) is 13.1. The van der Waals surface area contributed by atoms with Crippen LogP contribution >= 0.6 is 11.6 Å². The summed E-state index contributed by atoms with van der Waals surface area (Å²) in [6.45, 7) is 1.40. The Kier molecular flexibility index (Phi) is 6.39. The minimum absolute atomic E-state index is 0.0229. The zero-order chi connectivity index (χ0) is 27.5. The quantitative estimate of drug-likeness (QED) is 0.453. The summed E-state index contributed by atoms with van der Waals surface area (Å²) in [5.74, 6) is 0.0317. The van der Waals surface area contributed by atoms with Gasteiger partial charge in [0.25, 0.3) is 0 Å². The number of hydrogen-bond acceptors (Lipinski definition) is 5. The second-order valence-electron chi connectivity index (χ2n) is 11.1. The van der Waals surface area contributed by atoms with Crippen molar-refractivity contribution in [1.82, 2.24) is 14.8 Å². The van der Waals surface area contributed by atoms with Gasteiger partial charge in [0, 0.05) is 59.2 Å². The number of halogens is 1. The monoisotopic (exact) mass is 570 g/mol. The predicted molar refractivity (Wildman–Crippen MR) is 150 cm³/mol. The van der Waals surface area contributed by atoms with E-state index in [1.165, 1.54) is 6.26 Å². The number of aliphatic hydroxyl groups is 1. The van der Waals surface area contributed by atoms with E-state index < -0.39 is 15.3 Å². The summed E-state index contributed by atoms with van der Waals surface area (Å²) in [4.78, 5) is 30.2. The molecule has 1 saturated carbocycles. The van der Waals surface area contributed by atoms with E-state index in [1.54, 1.807) is 9.80 Å². The molecule has 3 amide bonds. The van der Waals surface area contributed by atoms with Gasteiger partial charge in [0.05, 0.1) is 18.4 Å². The SMILES string of the molecule is CS(=O)(=O)CCCn1c(CN2C(=O)C3(CN(C(=O)N[C@H]4C[C@@H](O)C4)C3)c3ccccc32)cc2cc(Cl)ccc21. The number of sulfone groups is 1. The highest BCUT2D eigenvalue weighted by Crippen LogP contribution is 2.48. The van der Waals surface area contributed by atoms with E-state index in [9.17, 15) is 23.1 Å². The number of amides is 3. The second kappa shape index (κ2) is 9.53. The van der Waals surface area contributed by atoms with Crippen molar-refractivity contribution in [2.45, 2.75) is 49.9 Å². The molecule has 1 aliphatic carbocycles. The van der Waals surface area contributed by atoms with Gasteiger partial charge in [-0.1, -0.05) is 29.8 Å². The topological polar surface area (TPSA) is 112 Å². The first-order chi connectivity index (χ1) is 18.5. The van der Waals surface area contributed by atoms with E-state index in [0.29, 0.717) is 50.5 Å². The van der Waals surface area contributed by atoms with Crippen LogP contribution in [0, 0.1) is 0 Å². The number of aryl methyl sites for hydroxylation is 1. The van der Waals surface area contributed by atoms with Crippen molar-refractivity contribution < 1.29 is 23.1 Å². The lowest BCUT2D eigenvalue weighted by Gasteiger charge is -2.47. The molecule has 11 heteroatoms. The molecule has 1 aromatic heterocycles. The van der Waals surface area contributed by atoms with Gasteiger partial charge >= 0.3 is 6.03 Å². The van der Waals surface area contributed by atoms with Crippen LogP contribution < -0.4 is 10.2 Å². The molecule has 1 saturated heterocycles. The first kappa shape index (κ1) is 26.2. The van der Waals surface area contributed by atoms with Gasteiger partial charge in [-0.3, -0.25) is 4.79 Å². The third-order valence-corrected chi connectivity index (χ3v) is 9.45. The molecule has 3 heterocycles. The number of fused-ring (bicyclic) bond motifs is 3. The Morgan fingerprint density at radius 2 is 1.90 bits per heavy atom. The second-order valence-corrected chi connectivity index (χ2v) is 13.8. The minimum atomic E-state index is -3.10. The van der Waals surface area contributed by atoms with Gasteiger partial charge in [0.1, 0.15) is 15.3 Å². The molecular formula is C28H31ClN4O5S. The zero-order valence-electron chi connectivity index (χ0n) is 21.6. The fourth-order valence-corrected chi connectivity index (χ4v) is 6.95. The average Bonchev–Trinajstić information content (AvgIpc) is 3.28.